The van der Waals surface area contributed by atoms with E-state index in [-0.39, 0.29) is 18.4 Å². The molecular formula is C13H14BrNO3. The summed E-state index contributed by atoms with van der Waals surface area (Å²) in [6, 6.07) is 5.35. The molecule has 0 aromatic heterocycles. The van der Waals surface area contributed by atoms with Crippen LogP contribution in [0.3, 0.4) is 0 Å². The van der Waals surface area contributed by atoms with Crippen molar-refractivity contribution < 1.29 is 14.7 Å². The summed E-state index contributed by atoms with van der Waals surface area (Å²) in [7, 11) is 0. The molecule has 1 aromatic rings. The van der Waals surface area contributed by atoms with E-state index < -0.39 is 11.9 Å². The highest BCUT2D eigenvalue weighted by atomic mass is 79.9. The third-order valence-electron chi connectivity index (χ3n) is 3.33. The molecule has 1 aromatic carbocycles. The van der Waals surface area contributed by atoms with E-state index in [4.69, 9.17) is 5.11 Å². The number of carboxylic acid groups (broad SMARTS) is 1. The molecule has 4 nitrogen and oxygen atoms in total. The van der Waals surface area contributed by atoms with Gasteiger partial charge in [0.2, 0.25) is 5.91 Å². The summed E-state index contributed by atoms with van der Waals surface area (Å²) in [5.41, 5.74) is 1.82. The maximum absolute atomic E-state index is 12.0. The second kappa shape index (κ2) is 4.72. The number of amides is 1. The molecule has 96 valence electrons. The van der Waals surface area contributed by atoms with Gasteiger partial charge in [-0.05, 0) is 47.5 Å². The van der Waals surface area contributed by atoms with Crippen molar-refractivity contribution in [2.75, 3.05) is 4.90 Å². The fraction of sp³-hybridized carbons (Fsp3) is 0.385. The van der Waals surface area contributed by atoms with Gasteiger partial charge in [-0.2, -0.15) is 0 Å². The van der Waals surface area contributed by atoms with Crippen LogP contribution in [0.25, 0.3) is 0 Å². The van der Waals surface area contributed by atoms with Gasteiger partial charge in [0, 0.05) is 16.9 Å². The fourth-order valence-electron chi connectivity index (χ4n) is 2.32. The maximum atomic E-state index is 12.0. The van der Waals surface area contributed by atoms with Gasteiger partial charge in [-0.1, -0.05) is 6.07 Å². The minimum atomic E-state index is -0.915. The number of aryl methyl sites for hydroxylation is 1. The van der Waals surface area contributed by atoms with Crippen molar-refractivity contribution in [1.29, 1.82) is 0 Å². The van der Waals surface area contributed by atoms with Crippen molar-refractivity contribution in [2.45, 2.75) is 26.3 Å². The molecule has 2 rings (SSSR count). The first-order valence-electron chi connectivity index (χ1n) is 5.73. The first kappa shape index (κ1) is 13.1. The second-order valence-electron chi connectivity index (χ2n) is 4.61. The third-order valence-corrected chi connectivity index (χ3v) is 3.97. The summed E-state index contributed by atoms with van der Waals surface area (Å²) in [5.74, 6) is -1.69. The van der Waals surface area contributed by atoms with Crippen LogP contribution in [0.5, 0.6) is 0 Å². The highest BCUT2D eigenvalue weighted by molar-refractivity contribution is 9.10. The number of benzene rings is 1. The zero-order valence-corrected chi connectivity index (χ0v) is 11.8. The molecule has 0 saturated carbocycles. The Morgan fingerprint density at radius 2 is 2.17 bits per heavy atom. The van der Waals surface area contributed by atoms with Crippen LogP contribution in [0.15, 0.2) is 22.7 Å². The van der Waals surface area contributed by atoms with E-state index in [1.807, 2.05) is 25.1 Å². The smallest absolute Gasteiger partial charge is 0.309 e. The summed E-state index contributed by atoms with van der Waals surface area (Å²) in [6.07, 6.45) is 0.0663. The zero-order valence-electron chi connectivity index (χ0n) is 10.2. The molecular weight excluding hydrogens is 298 g/mol. The minimum Gasteiger partial charge on any atom is -0.481 e. The Balaban J connectivity index is 2.39. The molecule has 1 saturated heterocycles. The summed E-state index contributed by atoms with van der Waals surface area (Å²) in [5, 5.41) is 9.09. The van der Waals surface area contributed by atoms with E-state index in [2.05, 4.69) is 15.9 Å². The first-order valence-corrected chi connectivity index (χ1v) is 6.52. The molecule has 1 fully saturated rings. The standard InChI is InChI=1S/C13H14BrNO3/c1-7-3-4-11(10(14)5-7)15-8(2)9(13(17)18)6-12(15)16/h3-5,8-9H,6H2,1-2H3,(H,17,18). The SMILES string of the molecule is Cc1ccc(N2C(=O)CC(C(=O)O)C2C)c(Br)c1. The molecule has 0 bridgehead atoms. The molecule has 2 atom stereocenters. The van der Waals surface area contributed by atoms with Crippen LogP contribution in [-0.4, -0.2) is 23.0 Å². The summed E-state index contributed by atoms with van der Waals surface area (Å²) >= 11 is 3.43. The largest absolute Gasteiger partial charge is 0.481 e. The van der Waals surface area contributed by atoms with Crippen LogP contribution in [0.1, 0.15) is 18.9 Å². The van der Waals surface area contributed by atoms with Crippen molar-refractivity contribution in [3.8, 4) is 0 Å². The van der Waals surface area contributed by atoms with Gasteiger partial charge in [0.25, 0.3) is 0 Å². The Bertz CT molecular complexity index is 515. The van der Waals surface area contributed by atoms with Crippen LogP contribution >= 0.6 is 15.9 Å². The Labute approximate surface area is 114 Å². The minimum absolute atomic E-state index is 0.0663. The van der Waals surface area contributed by atoms with Crippen LogP contribution in [-0.2, 0) is 9.59 Å². The lowest BCUT2D eigenvalue weighted by Crippen LogP contribution is -2.35. The Kier molecular flexibility index (Phi) is 3.43. The number of carbonyl (C=O) groups is 2. The van der Waals surface area contributed by atoms with E-state index >= 15 is 0 Å². The molecule has 1 aliphatic rings. The summed E-state index contributed by atoms with van der Waals surface area (Å²) in [6.45, 7) is 3.74. The third kappa shape index (κ3) is 2.14. The van der Waals surface area contributed by atoms with Gasteiger partial charge < -0.3 is 10.0 Å². The van der Waals surface area contributed by atoms with E-state index in [9.17, 15) is 9.59 Å². The van der Waals surface area contributed by atoms with Gasteiger partial charge in [-0.15, -0.1) is 0 Å². The predicted molar refractivity (Wildman–Crippen MR) is 71.6 cm³/mol. The van der Waals surface area contributed by atoms with Crippen LogP contribution in [0, 0.1) is 12.8 Å². The van der Waals surface area contributed by atoms with Crippen molar-refractivity contribution in [3.05, 3.63) is 28.2 Å². The van der Waals surface area contributed by atoms with Gasteiger partial charge in [0.05, 0.1) is 11.6 Å². The molecule has 0 aliphatic carbocycles. The van der Waals surface area contributed by atoms with Crippen molar-refractivity contribution >= 4 is 33.5 Å². The van der Waals surface area contributed by atoms with E-state index in [1.54, 1.807) is 11.8 Å². The highest BCUT2D eigenvalue weighted by Gasteiger charge is 2.42. The molecule has 1 N–H and O–H groups in total. The van der Waals surface area contributed by atoms with E-state index in [0.717, 1.165) is 15.7 Å². The number of halogens is 1. The zero-order chi connectivity index (χ0) is 13.4. The highest BCUT2D eigenvalue weighted by Crippen LogP contribution is 2.35. The second-order valence-corrected chi connectivity index (χ2v) is 5.46. The van der Waals surface area contributed by atoms with E-state index in [0.29, 0.717) is 0 Å². The van der Waals surface area contributed by atoms with Crippen LogP contribution < -0.4 is 4.90 Å². The lowest BCUT2D eigenvalue weighted by molar-refractivity contribution is -0.142. The number of anilines is 1. The average Bonchev–Trinajstić information content (AvgIpc) is 2.56. The molecule has 0 radical (unpaired) electrons. The molecule has 1 amide bonds. The summed E-state index contributed by atoms with van der Waals surface area (Å²) < 4.78 is 0.814. The van der Waals surface area contributed by atoms with Crippen LogP contribution in [0.4, 0.5) is 5.69 Å². The van der Waals surface area contributed by atoms with Gasteiger partial charge >= 0.3 is 5.97 Å². The summed E-state index contributed by atoms with van der Waals surface area (Å²) in [4.78, 5) is 24.6. The maximum Gasteiger partial charge on any atom is 0.309 e. The van der Waals surface area contributed by atoms with Crippen molar-refractivity contribution in [2.24, 2.45) is 5.92 Å². The van der Waals surface area contributed by atoms with Gasteiger partial charge in [0.15, 0.2) is 0 Å². The Hall–Kier alpha value is -1.36. The lowest BCUT2D eigenvalue weighted by Gasteiger charge is -2.24. The van der Waals surface area contributed by atoms with Gasteiger partial charge in [-0.3, -0.25) is 9.59 Å². The van der Waals surface area contributed by atoms with Gasteiger partial charge in [0.1, 0.15) is 0 Å². The van der Waals surface area contributed by atoms with Crippen molar-refractivity contribution in [1.82, 2.24) is 0 Å². The normalized spacial score (nSPS) is 23.5. The number of hydrogen-bond acceptors (Lipinski definition) is 2. The monoisotopic (exact) mass is 311 g/mol. The van der Waals surface area contributed by atoms with Gasteiger partial charge in [-0.25, -0.2) is 0 Å². The lowest BCUT2D eigenvalue weighted by atomic mass is 10.0. The average molecular weight is 312 g/mol. The molecule has 5 heteroatoms. The molecule has 0 spiro atoms. The molecule has 2 unspecified atom stereocenters. The number of rotatable bonds is 2. The number of nitrogens with zero attached hydrogens (tertiary/aromatic N) is 1. The predicted octanol–water partition coefficient (Wildman–Crippen LogP) is 2.58. The topological polar surface area (TPSA) is 57.6 Å². The van der Waals surface area contributed by atoms with Crippen LogP contribution in [0.2, 0.25) is 0 Å². The molecule has 18 heavy (non-hydrogen) atoms. The number of hydrogen-bond donors (Lipinski definition) is 1. The Morgan fingerprint density at radius 1 is 1.50 bits per heavy atom. The number of carboxylic acids is 1. The first-order chi connectivity index (χ1) is 8.41. The van der Waals surface area contributed by atoms with E-state index in [1.165, 1.54) is 0 Å². The number of carbonyl (C=O) groups excluding carboxylic acids is 1. The molecule has 1 aliphatic heterocycles. The quantitative estimate of drug-likeness (QED) is 0.913. The Morgan fingerprint density at radius 3 is 2.67 bits per heavy atom. The molecule has 1 heterocycles. The van der Waals surface area contributed by atoms with Crippen molar-refractivity contribution in [3.63, 3.8) is 0 Å². The fourth-order valence-corrected chi connectivity index (χ4v) is 3.00. The number of aliphatic carboxylic acids is 1.